The lowest BCUT2D eigenvalue weighted by Crippen LogP contribution is -2.29. The molecule has 1 aliphatic rings. The van der Waals surface area contributed by atoms with Crippen LogP contribution in [0.4, 0.5) is 4.39 Å². The maximum Gasteiger partial charge on any atom is 0.165 e. The van der Waals surface area contributed by atoms with Gasteiger partial charge < -0.3 is 9.84 Å². The van der Waals surface area contributed by atoms with E-state index in [2.05, 4.69) is 0 Å². The van der Waals surface area contributed by atoms with Gasteiger partial charge >= 0.3 is 0 Å². The normalized spacial score (nSPS) is 18.6. The summed E-state index contributed by atoms with van der Waals surface area (Å²) in [6, 6.07) is 4.78. The Bertz CT molecular complexity index is 386. The summed E-state index contributed by atoms with van der Waals surface area (Å²) < 4.78 is 18.9. The number of aliphatic hydroxyl groups excluding tert-OH is 1. The number of hydrogen-bond donors (Lipinski definition) is 1. The van der Waals surface area contributed by atoms with E-state index in [-0.39, 0.29) is 18.2 Å². The largest absolute Gasteiger partial charge is 0.488 e. The number of ether oxygens (including phenoxy) is 1. The zero-order valence-corrected chi connectivity index (χ0v) is 10.9. The Morgan fingerprint density at radius 1 is 1.33 bits per heavy atom. The molecule has 0 spiro atoms. The van der Waals surface area contributed by atoms with E-state index >= 15 is 0 Å². The molecule has 0 saturated heterocycles. The number of aliphatic hydroxyl groups is 1. The summed E-state index contributed by atoms with van der Waals surface area (Å²) in [5.74, 6) is 0.188. The van der Waals surface area contributed by atoms with E-state index in [9.17, 15) is 9.50 Å². The minimum atomic E-state index is -0.481. The van der Waals surface area contributed by atoms with Crippen molar-refractivity contribution in [1.29, 1.82) is 0 Å². The Balaban J connectivity index is 1.88. The summed E-state index contributed by atoms with van der Waals surface area (Å²) in [5.41, 5.74) is 0.957. The van der Waals surface area contributed by atoms with Crippen LogP contribution in [-0.2, 0) is 0 Å². The van der Waals surface area contributed by atoms with E-state index in [0.717, 1.165) is 18.4 Å². The second-order valence-corrected chi connectivity index (χ2v) is 5.21. The van der Waals surface area contributed by atoms with Crippen LogP contribution in [0.1, 0.15) is 37.7 Å². The molecule has 0 heterocycles. The third-order valence-electron chi connectivity index (χ3n) is 3.69. The lowest BCUT2D eigenvalue weighted by molar-refractivity contribution is 0.0401. The van der Waals surface area contributed by atoms with Crippen LogP contribution < -0.4 is 4.74 Å². The molecule has 1 aromatic rings. The lowest BCUT2D eigenvalue weighted by Gasteiger charge is -2.26. The quantitative estimate of drug-likeness (QED) is 0.889. The van der Waals surface area contributed by atoms with Crippen LogP contribution in [0, 0.1) is 18.7 Å². The van der Waals surface area contributed by atoms with Gasteiger partial charge in [0.25, 0.3) is 0 Å². The molecule has 0 aromatic heterocycles. The number of benzene rings is 1. The molecule has 0 aliphatic heterocycles. The smallest absolute Gasteiger partial charge is 0.165 e. The number of hydrogen-bond acceptors (Lipinski definition) is 2. The van der Waals surface area contributed by atoms with Gasteiger partial charge in [0.1, 0.15) is 6.61 Å². The van der Waals surface area contributed by atoms with Crippen molar-refractivity contribution in [1.82, 2.24) is 0 Å². The monoisotopic (exact) mass is 252 g/mol. The maximum atomic E-state index is 13.5. The molecule has 1 unspecified atom stereocenters. The minimum Gasteiger partial charge on any atom is -0.488 e. The molecule has 1 atom stereocenters. The highest BCUT2D eigenvalue weighted by molar-refractivity contribution is 5.29. The highest BCUT2D eigenvalue weighted by Gasteiger charge is 2.22. The van der Waals surface area contributed by atoms with Gasteiger partial charge in [-0.1, -0.05) is 25.3 Å². The number of rotatable bonds is 4. The standard InChI is InChI=1S/C15H21FO2/c1-11-7-8-13(16)15(9-11)18-10-14(17)12-5-3-2-4-6-12/h7-9,12,14,17H,2-6,10H2,1H3. The zero-order chi connectivity index (χ0) is 13.0. The van der Waals surface area contributed by atoms with Crippen LogP contribution in [0.3, 0.4) is 0 Å². The van der Waals surface area contributed by atoms with Gasteiger partial charge in [-0.15, -0.1) is 0 Å². The fourth-order valence-corrected chi connectivity index (χ4v) is 2.55. The first-order chi connectivity index (χ1) is 8.66. The zero-order valence-electron chi connectivity index (χ0n) is 10.9. The second kappa shape index (κ2) is 6.19. The van der Waals surface area contributed by atoms with E-state index in [1.165, 1.54) is 25.3 Å². The van der Waals surface area contributed by atoms with Gasteiger partial charge in [-0.3, -0.25) is 0 Å². The first-order valence-corrected chi connectivity index (χ1v) is 6.74. The SMILES string of the molecule is Cc1ccc(F)c(OCC(O)C2CCCCC2)c1. The summed E-state index contributed by atoms with van der Waals surface area (Å²) in [6.07, 6.45) is 5.25. The van der Waals surface area contributed by atoms with Crippen LogP contribution in [0.2, 0.25) is 0 Å². The fourth-order valence-electron chi connectivity index (χ4n) is 2.55. The van der Waals surface area contributed by atoms with Crippen LogP contribution in [0.15, 0.2) is 18.2 Å². The van der Waals surface area contributed by atoms with Gasteiger partial charge in [-0.2, -0.15) is 0 Å². The Labute approximate surface area is 108 Å². The summed E-state index contributed by atoms with van der Waals surface area (Å²) >= 11 is 0. The van der Waals surface area contributed by atoms with Crippen LogP contribution in [-0.4, -0.2) is 17.8 Å². The predicted octanol–water partition coefficient (Wildman–Crippen LogP) is 3.45. The first kappa shape index (κ1) is 13.3. The Morgan fingerprint density at radius 3 is 2.78 bits per heavy atom. The van der Waals surface area contributed by atoms with Crippen molar-refractivity contribution in [3.63, 3.8) is 0 Å². The van der Waals surface area contributed by atoms with Crippen LogP contribution in [0.25, 0.3) is 0 Å². The Kier molecular flexibility index (Phi) is 4.59. The molecule has 3 heteroatoms. The van der Waals surface area contributed by atoms with E-state index in [1.54, 1.807) is 12.1 Å². The van der Waals surface area contributed by atoms with Gasteiger partial charge in [0.15, 0.2) is 11.6 Å². The third-order valence-corrected chi connectivity index (χ3v) is 3.69. The second-order valence-electron chi connectivity index (χ2n) is 5.21. The molecule has 0 radical (unpaired) electrons. The average molecular weight is 252 g/mol. The molecular formula is C15H21FO2. The maximum absolute atomic E-state index is 13.5. The molecule has 100 valence electrons. The van der Waals surface area contributed by atoms with Gasteiger partial charge in [-0.25, -0.2) is 4.39 Å². The van der Waals surface area contributed by atoms with Gasteiger partial charge in [0, 0.05) is 0 Å². The third kappa shape index (κ3) is 3.45. The van der Waals surface area contributed by atoms with E-state index in [4.69, 9.17) is 4.74 Å². The summed E-state index contributed by atoms with van der Waals surface area (Å²) in [4.78, 5) is 0. The van der Waals surface area contributed by atoms with Crippen molar-refractivity contribution in [2.75, 3.05) is 6.61 Å². The molecule has 1 aromatic carbocycles. The van der Waals surface area contributed by atoms with E-state index in [1.807, 2.05) is 6.92 Å². The molecule has 2 nitrogen and oxygen atoms in total. The van der Waals surface area contributed by atoms with Crippen LogP contribution in [0.5, 0.6) is 5.75 Å². The lowest BCUT2D eigenvalue weighted by atomic mass is 9.85. The summed E-state index contributed by atoms with van der Waals surface area (Å²) in [7, 11) is 0. The van der Waals surface area contributed by atoms with Gasteiger partial charge in [0.05, 0.1) is 6.10 Å². The molecule has 1 aliphatic carbocycles. The van der Waals surface area contributed by atoms with Crippen molar-refractivity contribution in [3.8, 4) is 5.75 Å². The summed E-state index contributed by atoms with van der Waals surface area (Å²) in [6.45, 7) is 2.08. The van der Waals surface area contributed by atoms with Crippen molar-refractivity contribution in [3.05, 3.63) is 29.6 Å². The number of halogens is 1. The molecule has 2 rings (SSSR count). The highest BCUT2D eigenvalue weighted by atomic mass is 19.1. The van der Waals surface area contributed by atoms with E-state index < -0.39 is 6.10 Å². The highest BCUT2D eigenvalue weighted by Crippen LogP contribution is 2.27. The minimum absolute atomic E-state index is 0.186. The Morgan fingerprint density at radius 2 is 2.06 bits per heavy atom. The number of aryl methyl sites for hydroxylation is 1. The average Bonchev–Trinajstić information content (AvgIpc) is 2.40. The Hall–Kier alpha value is -1.09. The molecule has 0 amide bonds. The summed E-state index contributed by atoms with van der Waals surface area (Å²) in [5, 5.41) is 10.0. The molecular weight excluding hydrogens is 231 g/mol. The fraction of sp³-hybridized carbons (Fsp3) is 0.600. The molecule has 1 saturated carbocycles. The van der Waals surface area contributed by atoms with Crippen molar-refractivity contribution in [2.45, 2.75) is 45.1 Å². The molecule has 1 fully saturated rings. The van der Waals surface area contributed by atoms with Crippen molar-refractivity contribution < 1.29 is 14.2 Å². The van der Waals surface area contributed by atoms with Crippen molar-refractivity contribution in [2.24, 2.45) is 5.92 Å². The predicted molar refractivity (Wildman–Crippen MR) is 69.2 cm³/mol. The first-order valence-electron chi connectivity index (χ1n) is 6.74. The molecule has 18 heavy (non-hydrogen) atoms. The van der Waals surface area contributed by atoms with Crippen molar-refractivity contribution >= 4 is 0 Å². The van der Waals surface area contributed by atoms with Gasteiger partial charge in [-0.05, 0) is 43.4 Å². The van der Waals surface area contributed by atoms with E-state index in [0.29, 0.717) is 5.92 Å². The topological polar surface area (TPSA) is 29.5 Å². The molecule has 0 bridgehead atoms. The van der Waals surface area contributed by atoms with Crippen LogP contribution >= 0.6 is 0 Å². The van der Waals surface area contributed by atoms with Gasteiger partial charge in [0.2, 0.25) is 0 Å². The molecule has 1 N–H and O–H groups in total.